The van der Waals surface area contributed by atoms with Crippen LogP contribution in [0.15, 0.2) is 0 Å². The SMILES string of the molecule is CC(C)[C@H](NC(=O)[C@H](C)NC(=O)CNC(=O)[C@H](C)NC(=O)[C@@H]1CCCN1C(=O)[C@@H](N)CS)C(=O)N[C@@H](CCCCN)C(=O)N[C@@H](CO)C(=O)N[C@@H](CS)C(=O)O. The summed E-state index contributed by atoms with van der Waals surface area (Å²) in [5.41, 5.74) is 11.4. The zero-order valence-electron chi connectivity index (χ0n) is 32.0. The minimum atomic E-state index is -1.56. The Morgan fingerprint density at radius 3 is 1.89 bits per heavy atom. The van der Waals surface area contributed by atoms with Gasteiger partial charge in [-0.25, -0.2) is 4.79 Å². The third-order valence-corrected chi connectivity index (χ3v) is 9.50. The largest absolute Gasteiger partial charge is 0.480 e. The van der Waals surface area contributed by atoms with E-state index >= 15 is 0 Å². The number of unbranched alkanes of at least 4 members (excludes halogenated alkanes) is 1. The maximum Gasteiger partial charge on any atom is 0.327 e. The van der Waals surface area contributed by atoms with Crippen LogP contribution in [0, 0.1) is 5.92 Å². The van der Waals surface area contributed by atoms with E-state index in [2.05, 4.69) is 62.5 Å². The average molecular weight is 835 g/mol. The molecule has 0 aromatic rings. The molecule has 0 saturated carbocycles. The van der Waals surface area contributed by atoms with Crippen molar-refractivity contribution in [1.82, 2.24) is 42.1 Å². The molecule has 318 valence electrons. The minimum absolute atomic E-state index is 0.0615. The second kappa shape index (κ2) is 25.1. The molecule has 0 bridgehead atoms. The third-order valence-electron chi connectivity index (χ3n) is 8.74. The summed E-state index contributed by atoms with van der Waals surface area (Å²) >= 11 is 7.90. The highest BCUT2D eigenvalue weighted by molar-refractivity contribution is 7.80. The van der Waals surface area contributed by atoms with Crippen molar-refractivity contribution in [1.29, 1.82) is 0 Å². The van der Waals surface area contributed by atoms with Crippen LogP contribution in [-0.4, -0.2) is 154 Å². The fraction of sp³-hybridized carbons (Fsp3) is 0.727. The number of nitrogens with one attached hydrogen (secondary N) is 7. The normalized spacial score (nSPS) is 17.5. The number of hydrogen-bond donors (Lipinski definition) is 13. The van der Waals surface area contributed by atoms with Gasteiger partial charge in [-0.15, -0.1) is 0 Å². The number of carboxylic acid groups (broad SMARTS) is 1. The predicted octanol–water partition coefficient (Wildman–Crippen LogP) is -4.91. The molecule has 1 aliphatic heterocycles. The van der Waals surface area contributed by atoms with E-state index in [0.29, 0.717) is 32.2 Å². The maximum absolute atomic E-state index is 13.4. The number of likely N-dealkylation sites (tertiary alicyclic amines) is 1. The van der Waals surface area contributed by atoms with Crippen LogP contribution in [0.1, 0.15) is 59.8 Å². The average Bonchev–Trinajstić information content (AvgIpc) is 3.65. The molecule has 0 unspecified atom stereocenters. The highest BCUT2D eigenvalue weighted by Crippen LogP contribution is 2.19. The van der Waals surface area contributed by atoms with Crippen molar-refractivity contribution in [3.8, 4) is 0 Å². The molecule has 0 spiro atoms. The molecule has 1 rings (SSSR count). The number of aliphatic hydroxyl groups excluding tert-OH is 1. The summed E-state index contributed by atoms with van der Waals surface area (Å²) in [6, 6.07) is -9.36. The van der Waals surface area contributed by atoms with E-state index in [-0.39, 0.29) is 24.5 Å². The first-order valence-corrected chi connectivity index (χ1v) is 19.5. The van der Waals surface area contributed by atoms with Crippen LogP contribution in [0.3, 0.4) is 0 Å². The number of carbonyl (C=O) groups excluding carboxylic acids is 8. The lowest BCUT2D eigenvalue weighted by Gasteiger charge is -2.27. The molecule has 0 radical (unpaired) electrons. The number of carboxylic acids is 1. The molecule has 0 aromatic heterocycles. The Bertz CT molecular complexity index is 1410. The van der Waals surface area contributed by atoms with Crippen LogP contribution < -0.4 is 48.7 Å². The van der Waals surface area contributed by atoms with Crippen molar-refractivity contribution in [3.05, 3.63) is 0 Å². The van der Waals surface area contributed by atoms with Crippen molar-refractivity contribution in [2.24, 2.45) is 17.4 Å². The van der Waals surface area contributed by atoms with Gasteiger partial charge in [0.05, 0.1) is 19.2 Å². The minimum Gasteiger partial charge on any atom is -0.480 e. The Morgan fingerprint density at radius 2 is 1.34 bits per heavy atom. The van der Waals surface area contributed by atoms with Gasteiger partial charge in [0, 0.05) is 18.1 Å². The third kappa shape index (κ3) is 16.1. The summed E-state index contributed by atoms with van der Waals surface area (Å²) in [5.74, 6) is -7.90. The van der Waals surface area contributed by atoms with Crippen LogP contribution in [0.4, 0.5) is 0 Å². The van der Waals surface area contributed by atoms with Crippen molar-refractivity contribution in [3.63, 3.8) is 0 Å². The Kier molecular flexibility index (Phi) is 22.4. The second-order valence-corrected chi connectivity index (χ2v) is 14.3. The number of hydrogen-bond acceptors (Lipinski definition) is 14. The summed E-state index contributed by atoms with van der Waals surface area (Å²) in [6.07, 6.45) is 1.88. The smallest absolute Gasteiger partial charge is 0.327 e. The number of nitrogens with zero attached hydrogens (tertiary/aromatic N) is 1. The molecule has 1 fully saturated rings. The van der Waals surface area contributed by atoms with Gasteiger partial charge in [-0.2, -0.15) is 25.3 Å². The summed E-state index contributed by atoms with van der Waals surface area (Å²) in [5, 5.41) is 35.8. The van der Waals surface area contributed by atoms with Crippen LogP contribution in [0.25, 0.3) is 0 Å². The van der Waals surface area contributed by atoms with Crippen LogP contribution in [-0.2, 0) is 43.2 Å². The monoisotopic (exact) mass is 834 g/mol. The van der Waals surface area contributed by atoms with Crippen molar-refractivity contribution in [2.75, 3.05) is 37.7 Å². The number of nitrogens with two attached hydrogens (primary N) is 2. The van der Waals surface area contributed by atoms with Gasteiger partial charge in [0.2, 0.25) is 47.3 Å². The lowest BCUT2D eigenvalue weighted by atomic mass is 10.0. The van der Waals surface area contributed by atoms with E-state index in [1.54, 1.807) is 13.8 Å². The van der Waals surface area contributed by atoms with Gasteiger partial charge >= 0.3 is 5.97 Å². The van der Waals surface area contributed by atoms with Crippen LogP contribution in [0.2, 0.25) is 0 Å². The summed E-state index contributed by atoms with van der Waals surface area (Å²) in [6.45, 7) is 5.16. The number of amides is 8. The molecular formula is C33H58N10O11S2. The fourth-order valence-electron chi connectivity index (χ4n) is 5.41. The van der Waals surface area contributed by atoms with Crippen molar-refractivity contribution in [2.45, 2.75) is 108 Å². The number of thiol groups is 2. The van der Waals surface area contributed by atoms with E-state index in [4.69, 9.17) is 11.5 Å². The topological polar surface area (TPSA) is 334 Å². The molecule has 0 aliphatic carbocycles. The van der Waals surface area contributed by atoms with Gasteiger partial charge in [-0.3, -0.25) is 38.4 Å². The molecule has 1 saturated heterocycles. The lowest BCUT2D eigenvalue weighted by molar-refractivity contribution is -0.142. The molecule has 56 heavy (non-hydrogen) atoms. The fourth-order valence-corrected chi connectivity index (χ4v) is 5.81. The Labute approximate surface area is 336 Å². The molecule has 1 heterocycles. The molecule has 23 heteroatoms. The lowest BCUT2D eigenvalue weighted by Crippen LogP contribution is -2.60. The first-order valence-electron chi connectivity index (χ1n) is 18.2. The molecular weight excluding hydrogens is 777 g/mol. The number of aliphatic hydroxyl groups is 1. The maximum atomic E-state index is 13.4. The highest BCUT2D eigenvalue weighted by Gasteiger charge is 2.37. The van der Waals surface area contributed by atoms with Gasteiger partial charge in [-0.05, 0) is 58.4 Å². The molecule has 8 amide bonds. The second-order valence-electron chi connectivity index (χ2n) is 13.6. The summed E-state index contributed by atoms with van der Waals surface area (Å²) in [7, 11) is 0. The zero-order valence-corrected chi connectivity index (χ0v) is 33.8. The van der Waals surface area contributed by atoms with Gasteiger partial charge in [0.1, 0.15) is 42.3 Å². The van der Waals surface area contributed by atoms with E-state index in [1.807, 2.05) is 0 Å². The van der Waals surface area contributed by atoms with Crippen LogP contribution >= 0.6 is 25.3 Å². The predicted molar refractivity (Wildman–Crippen MR) is 209 cm³/mol. The number of aliphatic carboxylic acids is 1. The number of rotatable bonds is 24. The van der Waals surface area contributed by atoms with Crippen molar-refractivity contribution < 1.29 is 53.4 Å². The Morgan fingerprint density at radius 1 is 0.750 bits per heavy atom. The Balaban J connectivity index is 2.82. The van der Waals surface area contributed by atoms with Crippen LogP contribution in [0.5, 0.6) is 0 Å². The summed E-state index contributed by atoms with van der Waals surface area (Å²) < 4.78 is 0. The van der Waals surface area contributed by atoms with Gasteiger partial charge in [-0.1, -0.05) is 13.8 Å². The van der Waals surface area contributed by atoms with Gasteiger partial charge in [0.25, 0.3) is 0 Å². The van der Waals surface area contributed by atoms with E-state index in [0.717, 1.165) is 0 Å². The van der Waals surface area contributed by atoms with Gasteiger partial charge < -0.3 is 63.8 Å². The standard InChI is InChI=1S/C33H58N10O11S2/c1-16(2)25(31(51)39-20(8-5-6-10-34)28(48)40-21(13-44)29(49)41-22(15-56)33(53)54)42-27(47)18(4)37-24(45)12-36-26(46)17(3)38-30(50)23-9-7-11-43(23)32(52)19(35)14-55/h16-23,25,44,55-56H,5-15,34-35H2,1-4H3,(H,36,46)(H,37,45)(H,38,50)(H,39,51)(H,40,48)(H,41,49)(H,42,47)(H,53,54)/t17-,18-,19-,20-,21-,22-,23-,25-/m0/s1. The molecule has 8 atom stereocenters. The van der Waals surface area contributed by atoms with Crippen molar-refractivity contribution >= 4 is 78.5 Å². The first kappa shape index (κ1) is 49.8. The first-order chi connectivity index (χ1) is 26.3. The van der Waals surface area contributed by atoms with E-state index < -0.39 is 121 Å². The highest BCUT2D eigenvalue weighted by atomic mass is 32.1. The molecule has 13 N–H and O–H groups in total. The molecule has 1 aliphatic rings. The summed E-state index contributed by atoms with van der Waals surface area (Å²) in [4.78, 5) is 116. The quantitative estimate of drug-likeness (QED) is 0.0321. The molecule has 21 nitrogen and oxygen atoms in total. The number of carbonyl (C=O) groups is 9. The molecule has 0 aromatic carbocycles. The zero-order chi connectivity index (χ0) is 42.7. The Hall–Kier alpha value is -4.19. The van der Waals surface area contributed by atoms with E-state index in [9.17, 15) is 53.4 Å². The van der Waals surface area contributed by atoms with Gasteiger partial charge in [0.15, 0.2) is 0 Å². The van der Waals surface area contributed by atoms with E-state index in [1.165, 1.54) is 18.7 Å².